The summed E-state index contributed by atoms with van der Waals surface area (Å²) >= 11 is 3.43. The van der Waals surface area contributed by atoms with Gasteiger partial charge in [-0.2, -0.15) is 0 Å². The van der Waals surface area contributed by atoms with Crippen molar-refractivity contribution in [2.45, 2.75) is 6.92 Å². The van der Waals surface area contributed by atoms with Gasteiger partial charge in [0.1, 0.15) is 0 Å². The number of fused-ring (bicyclic) bond motifs is 1. The Labute approximate surface area is 89.3 Å². The molecule has 0 saturated heterocycles. The van der Waals surface area contributed by atoms with E-state index in [2.05, 4.69) is 25.9 Å². The highest BCUT2D eigenvalue weighted by Crippen LogP contribution is 2.24. The number of hydrogen-bond donors (Lipinski definition) is 0. The quantitative estimate of drug-likeness (QED) is 0.731. The summed E-state index contributed by atoms with van der Waals surface area (Å²) in [5.41, 5.74) is 1.60. The van der Waals surface area contributed by atoms with E-state index in [1.807, 2.05) is 25.1 Å². The molecule has 0 unspecified atom stereocenters. The van der Waals surface area contributed by atoms with Gasteiger partial charge in [0.25, 0.3) is 0 Å². The molecular formula is C10H7BrN2O. The van der Waals surface area contributed by atoms with Crippen molar-refractivity contribution in [2.24, 2.45) is 0 Å². The number of aromatic nitrogens is 2. The first kappa shape index (κ1) is 9.27. The van der Waals surface area contributed by atoms with E-state index in [1.165, 1.54) is 0 Å². The van der Waals surface area contributed by atoms with Crippen molar-refractivity contribution in [1.29, 1.82) is 0 Å². The van der Waals surface area contributed by atoms with Gasteiger partial charge in [0.15, 0.2) is 12.1 Å². The normalized spacial score (nSPS) is 10.4. The predicted molar refractivity (Wildman–Crippen MR) is 57.4 cm³/mol. The topological polar surface area (TPSA) is 42.9 Å². The van der Waals surface area contributed by atoms with E-state index in [9.17, 15) is 4.79 Å². The molecule has 3 nitrogen and oxygen atoms in total. The molecule has 1 aromatic carbocycles. The fourth-order valence-corrected chi connectivity index (χ4v) is 2.04. The second-order valence-electron chi connectivity index (χ2n) is 2.92. The highest BCUT2D eigenvalue weighted by atomic mass is 79.9. The van der Waals surface area contributed by atoms with Gasteiger partial charge in [-0.05, 0) is 19.1 Å². The third-order valence-electron chi connectivity index (χ3n) is 1.98. The van der Waals surface area contributed by atoms with Crippen LogP contribution < -0.4 is 0 Å². The van der Waals surface area contributed by atoms with E-state index < -0.39 is 0 Å². The molecule has 0 spiro atoms. The van der Waals surface area contributed by atoms with Crippen molar-refractivity contribution in [3.63, 3.8) is 0 Å². The number of aldehydes is 1. The van der Waals surface area contributed by atoms with Crippen LogP contribution in [0.3, 0.4) is 0 Å². The van der Waals surface area contributed by atoms with Crippen LogP contribution in [0.15, 0.2) is 22.7 Å². The van der Waals surface area contributed by atoms with Gasteiger partial charge in [-0.25, -0.2) is 9.97 Å². The van der Waals surface area contributed by atoms with Gasteiger partial charge < -0.3 is 0 Å². The van der Waals surface area contributed by atoms with E-state index in [1.54, 1.807) is 0 Å². The fraction of sp³-hybridized carbons (Fsp3) is 0.100. The molecule has 0 aliphatic carbocycles. The van der Waals surface area contributed by atoms with Crippen LogP contribution >= 0.6 is 15.9 Å². The van der Waals surface area contributed by atoms with E-state index in [0.717, 1.165) is 21.1 Å². The molecule has 0 atom stereocenters. The molecule has 0 bridgehead atoms. The second-order valence-corrected chi connectivity index (χ2v) is 3.77. The first-order valence-corrected chi connectivity index (χ1v) is 4.89. The average Bonchev–Trinajstić information content (AvgIpc) is 2.17. The summed E-state index contributed by atoms with van der Waals surface area (Å²) in [6, 6.07) is 5.68. The van der Waals surface area contributed by atoms with Crippen LogP contribution in [-0.4, -0.2) is 16.3 Å². The minimum Gasteiger partial charge on any atom is -0.294 e. The van der Waals surface area contributed by atoms with Gasteiger partial charge in [0.05, 0.1) is 11.2 Å². The molecule has 0 N–H and O–H groups in total. The highest BCUT2D eigenvalue weighted by Gasteiger charge is 2.05. The number of rotatable bonds is 1. The van der Waals surface area contributed by atoms with Crippen molar-refractivity contribution < 1.29 is 4.79 Å². The predicted octanol–water partition coefficient (Wildman–Crippen LogP) is 2.51. The highest BCUT2D eigenvalue weighted by molar-refractivity contribution is 9.10. The fourth-order valence-electron chi connectivity index (χ4n) is 1.39. The molecule has 70 valence electrons. The Balaban J connectivity index is 2.89. The minimum absolute atomic E-state index is 0.230. The number of aryl methyl sites for hydroxylation is 1. The first-order chi connectivity index (χ1) is 6.72. The maximum atomic E-state index is 10.6. The lowest BCUT2D eigenvalue weighted by atomic mass is 10.2. The van der Waals surface area contributed by atoms with Crippen molar-refractivity contribution in [2.75, 3.05) is 0 Å². The summed E-state index contributed by atoms with van der Waals surface area (Å²) in [5, 5.41) is 0.957. The zero-order chi connectivity index (χ0) is 10.1. The Morgan fingerprint density at radius 2 is 2.14 bits per heavy atom. The van der Waals surface area contributed by atoms with Gasteiger partial charge in [0.2, 0.25) is 0 Å². The van der Waals surface area contributed by atoms with E-state index in [0.29, 0.717) is 6.29 Å². The summed E-state index contributed by atoms with van der Waals surface area (Å²) in [7, 11) is 0. The molecular weight excluding hydrogens is 244 g/mol. The molecule has 1 aromatic heterocycles. The lowest BCUT2D eigenvalue weighted by Crippen LogP contribution is -1.96. The summed E-state index contributed by atoms with van der Waals surface area (Å²) in [6.45, 7) is 1.86. The van der Waals surface area contributed by atoms with Gasteiger partial charge in [0, 0.05) is 9.86 Å². The first-order valence-electron chi connectivity index (χ1n) is 4.10. The Morgan fingerprint density at radius 1 is 1.36 bits per heavy atom. The van der Waals surface area contributed by atoms with Crippen molar-refractivity contribution >= 4 is 33.1 Å². The van der Waals surface area contributed by atoms with Gasteiger partial charge >= 0.3 is 0 Å². The minimum atomic E-state index is 0.230. The smallest absolute Gasteiger partial charge is 0.193 e. The standard InChI is InChI=1S/C10H7BrN2O/c1-6-10-7(11)3-2-4-8(10)13-9(5-14)12-6/h2-5H,1H3. The molecule has 0 fully saturated rings. The molecule has 0 radical (unpaired) electrons. The molecule has 0 saturated carbocycles. The zero-order valence-electron chi connectivity index (χ0n) is 7.49. The third kappa shape index (κ3) is 1.42. The Hall–Kier alpha value is -1.29. The van der Waals surface area contributed by atoms with Gasteiger partial charge in [-0.3, -0.25) is 4.79 Å². The number of benzene rings is 1. The van der Waals surface area contributed by atoms with Crippen molar-refractivity contribution in [3.05, 3.63) is 34.2 Å². The summed E-state index contributed by atoms with van der Waals surface area (Å²) in [5.74, 6) is 0.230. The van der Waals surface area contributed by atoms with Gasteiger partial charge in [-0.15, -0.1) is 0 Å². The van der Waals surface area contributed by atoms with Crippen molar-refractivity contribution in [1.82, 2.24) is 9.97 Å². The van der Waals surface area contributed by atoms with Crippen molar-refractivity contribution in [3.8, 4) is 0 Å². The molecule has 14 heavy (non-hydrogen) atoms. The van der Waals surface area contributed by atoms with Crippen LogP contribution in [0.4, 0.5) is 0 Å². The number of halogens is 1. The maximum absolute atomic E-state index is 10.6. The average molecular weight is 251 g/mol. The van der Waals surface area contributed by atoms with Crippen LogP contribution in [0, 0.1) is 6.92 Å². The monoisotopic (exact) mass is 250 g/mol. The van der Waals surface area contributed by atoms with E-state index in [4.69, 9.17) is 0 Å². The summed E-state index contributed by atoms with van der Waals surface area (Å²) in [4.78, 5) is 18.7. The van der Waals surface area contributed by atoms with Crippen LogP contribution in [-0.2, 0) is 0 Å². The molecule has 0 aliphatic rings. The van der Waals surface area contributed by atoms with Gasteiger partial charge in [-0.1, -0.05) is 22.0 Å². The molecule has 2 aromatic rings. The van der Waals surface area contributed by atoms with E-state index >= 15 is 0 Å². The maximum Gasteiger partial charge on any atom is 0.193 e. The van der Waals surface area contributed by atoms with Crippen LogP contribution in [0.25, 0.3) is 10.9 Å². The second kappa shape index (κ2) is 3.46. The number of carbonyl (C=O) groups is 1. The van der Waals surface area contributed by atoms with Crippen LogP contribution in [0.1, 0.15) is 16.3 Å². The van der Waals surface area contributed by atoms with Crippen LogP contribution in [0.2, 0.25) is 0 Å². The number of hydrogen-bond acceptors (Lipinski definition) is 3. The number of nitrogens with zero attached hydrogens (tertiary/aromatic N) is 2. The lowest BCUT2D eigenvalue weighted by Gasteiger charge is -2.03. The largest absolute Gasteiger partial charge is 0.294 e. The molecule has 1 heterocycles. The van der Waals surface area contributed by atoms with E-state index in [-0.39, 0.29) is 5.82 Å². The zero-order valence-corrected chi connectivity index (χ0v) is 9.08. The van der Waals surface area contributed by atoms with Crippen LogP contribution in [0.5, 0.6) is 0 Å². The Morgan fingerprint density at radius 3 is 2.86 bits per heavy atom. The molecule has 0 amide bonds. The number of carbonyl (C=O) groups excluding carboxylic acids is 1. The molecule has 2 rings (SSSR count). The molecule has 4 heteroatoms. The lowest BCUT2D eigenvalue weighted by molar-refractivity contribution is 0.111. The third-order valence-corrected chi connectivity index (χ3v) is 2.64. The SMILES string of the molecule is Cc1nc(C=O)nc2cccc(Br)c12. The Kier molecular flexibility index (Phi) is 2.29. The molecule has 0 aliphatic heterocycles. The summed E-state index contributed by atoms with van der Waals surface area (Å²) in [6.07, 6.45) is 0.660. The summed E-state index contributed by atoms with van der Waals surface area (Å²) < 4.78 is 0.949. The Bertz CT molecular complexity index is 511.